The van der Waals surface area contributed by atoms with E-state index in [1.54, 1.807) is 13.0 Å². The Labute approximate surface area is 205 Å². The molecule has 0 spiro atoms. The number of rotatable bonds is 14. The minimum absolute atomic E-state index is 0.0743. The molecular formula is C24H36FN5O3S. The first-order chi connectivity index (χ1) is 16.1. The fraction of sp³-hybridized carbons (Fsp3) is 0.583. The fourth-order valence-electron chi connectivity index (χ4n) is 3.08. The van der Waals surface area contributed by atoms with Crippen LogP contribution in [0.1, 0.15) is 34.6 Å². The molecule has 4 atom stereocenters. The molecule has 0 aromatic heterocycles. The SMILES string of the molecule is CCNC(=O)C(SC(C)C(C#N)C(=O)NCCF)C(C)CNc1cccc(NC(=O)C(C)C)c1. The Morgan fingerprint density at radius 2 is 1.74 bits per heavy atom. The summed E-state index contributed by atoms with van der Waals surface area (Å²) in [4.78, 5) is 37.0. The monoisotopic (exact) mass is 493 g/mol. The molecule has 1 rings (SSSR count). The van der Waals surface area contributed by atoms with Crippen molar-refractivity contribution in [1.29, 1.82) is 5.26 Å². The summed E-state index contributed by atoms with van der Waals surface area (Å²) >= 11 is 1.26. The van der Waals surface area contributed by atoms with Gasteiger partial charge in [-0.3, -0.25) is 14.4 Å². The normalized spacial score (nSPS) is 14.3. The summed E-state index contributed by atoms with van der Waals surface area (Å²) in [7, 11) is 0. The summed E-state index contributed by atoms with van der Waals surface area (Å²) in [6.45, 7) is 9.16. The average molecular weight is 494 g/mol. The number of nitrogens with zero attached hydrogens (tertiary/aromatic N) is 1. The van der Waals surface area contributed by atoms with Gasteiger partial charge in [-0.05, 0) is 31.0 Å². The van der Waals surface area contributed by atoms with Crippen molar-refractivity contribution in [2.45, 2.75) is 45.1 Å². The summed E-state index contributed by atoms with van der Waals surface area (Å²) in [6.07, 6.45) is 0. The van der Waals surface area contributed by atoms with Gasteiger partial charge in [0.2, 0.25) is 17.7 Å². The van der Waals surface area contributed by atoms with Crippen LogP contribution in [-0.2, 0) is 14.4 Å². The molecule has 0 fully saturated rings. The number of halogens is 1. The molecule has 0 heterocycles. The van der Waals surface area contributed by atoms with Crippen molar-refractivity contribution in [2.75, 3.05) is 36.9 Å². The third kappa shape index (κ3) is 9.59. The molecule has 0 bridgehead atoms. The van der Waals surface area contributed by atoms with Crippen LogP contribution in [0.15, 0.2) is 24.3 Å². The van der Waals surface area contributed by atoms with Crippen LogP contribution in [0, 0.1) is 29.1 Å². The second-order valence-corrected chi connectivity index (χ2v) is 9.85. The molecule has 0 radical (unpaired) electrons. The summed E-state index contributed by atoms with van der Waals surface area (Å²) in [5.74, 6) is -2.08. The molecule has 188 valence electrons. The summed E-state index contributed by atoms with van der Waals surface area (Å²) in [6, 6.07) is 9.30. The molecule has 1 aromatic rings. The Hall–Kier alpha value is -2.80. The van der Waals surface area contributed by atoms with Gasteiger partial charge in [0.25, 0.3) is 0 Å². The van der Waals surface area contributed by atoms with Crippen LogP contribution in [0.5, 0.6) is 0 Å². The lowest BCUT2D eigenvalue weighted by Gasteiger charge is -2.27. The number of hydrogen-bond acceptors (Lipinski definition) is 6. The number of carbonyl (C=O) groups excluding carboxylic acids is 3. The largest absolute Gasteiger partial charge is 0.385 e. The lowest BCUT2D eigenvalue weighted by molar-refractivity contribution is -0.123. The summed E-state index contributed by atoms with van der Waals surface area (Å²) in [5.41, 5.74) is 1.47. The predicted molar refractivity (Wildman–Crippen MR) is 135 cm³/mol. The van der Waals surface area contributed by atoms with Crippen molar-refractivity contribution in [3.8, 4) is 6.07 Å². The minimum Gasteiger partial charge on any atom is -0.385 e. The zero-order chi connectivity index (χ0) is 25.7. The van der Waals surface area contributed by atoms with Gasteiger partial charge in [-0.2, -0.15) is 5.26 Å². The lowest BCUT2D eigenvalue weighted by atomic mass is 10.1. The molecule has 8 nitrogen and oxygen atoms in total. The maximum Gasteiger partial charge on any atom is 0.238 e. The maximum absolute atomic E-state index is 12.8. The standard InChI is InChI=1S/C24H36FN5O3S/c1-6-27-24(33)21(34-17(5)20(13-26)23(32)28-11-10-25)16(4)14-29-18-8-7-9-19(12-18)30-22(31)15(2)3/h7-9,12,15-17,20-21,29H,6,10-11,14H2,1-5H3,(H,27,33)(H,28,32)(H,30,31). The van der Waals surface area contributed by atoms with E-state index < -0.39 is 29.0 Å². The molecule has 4 unspecified atom stereocenters. The highest BCUT2D eigenvalue weighted by Crippen LogP contribution is 2.29. The lowest BCUT2D eigenvalue weighted by Crippen LogP contribution is -2.42. The number of thioether (sulfide) groups is 1. The van der Waals surface area contributed by atoms with Crippen molar-refractivity contribution in [2.24, 2.45) is 17.8 Å². The van der Waals surface area contributed by atoms with Crippen LogP contribution in [0.4, 0.5) is 15.8 Å². The van der Waals surface area contributed by atoms with Gasteiger partial charge in [-0.1, -0.05) is 33.8 Å². The highest BCUT2D eigenvalue weighted by Gasteiger charge is 2.33. The highest BCUT2D eigenvalue weighted by molar-refractivity contribution is 8.01. The van der Waals surface area contributed by atoms with Gasteiger partial charge in [-0.25, -0.2) is 4.39 Å². The van der Waals surface area contributed by atoms with Crippen LogP contribution < -0.4 is 21.3 Å². The Morgan fingerprint density at radius 1 is 1.06 bits per heavy atom. The first kappa shape index (κ1) is 29.2. The smallest absolute Gasteiger partial charge is 0.238 e. The van der Waals surface area contributed by atoms with Gasteiger partial charge in [0.05, 0.1) is 11.3 Å². The van der Waals surface area contributed by atoms with Gasteiger partial charge < -0.3 is 21.3 Å². The zero-order valence-electron chi connectivity index (χ0n) is 20.5. The number of anilines is 2. The minimum atomic E-state index is -1.00. The zero-order valence-corrected chi connectivity index (χ0v) is 21.3. The van der Waals surface area contributed by atoms with Gasteiger partial charge in [-0.15, -0.1) is 11.8 Å². The van der Waals surface area contributed by atoms with Crippen LogP contribution >= 0.6 is 11.8 Å². The van der Waals surface area contributed by atoms with Crippen LogP contribution in [0.25, 0.3) is 0 Å². The number of nitrogens with one attached hydrogen (secondary N) is 4. The number of carbonyl (C=O) groups is 3. The van der Waals surface area contributed by atoms with Crippen molar-refractivity contribution < 1.29 is 18.8 Å². The van der Waals surface area contributed by atoms with E-state index >= 15 is 0 Å². The van der Waals surface area contributed by atoms with Crippen molar-refractivity contribution >= 4 is 40.9 Å². The molecule has 3 amide bonds. The molecule has 0 aliphatic heterocycles. The maximum atomic E-state index is 12.8. The Balaban J connectivity index is 2.88. The molecule has 10 heteroatoms. The molecule has 34 heavy (non-hydrogen) atoms. The molecule has 0 saturated heterocycles. The molecular weight excluding hydrogens is 457 g/mol. The highest BCUT2D eigenvalue weighted by atomic mass is 32.2. The topological polar surface area (TPSA) is 123 Å². The Morgan fingerprint density at radius 3 is 2.32 bits per heavy atom. The van der Waals surface area contributed by atoms with E-state index in [0.717, 1.165) is 5.69 Å². The van der Waals surface area contributed by atoms with Crippen molar-refractivity contribution in [3.63, 3.8) is 0 Å². The van der Waals surface area contributed by atoms with Gasteiger partial charge >= 0.3 is 0 Å². The van der Waals surface area contributed by atoms with Crippen LogP contribution in [-0.4, -0.2) is 54.5 Å². The molecule has 0 saturated carbocycles. The Kier molecular flexibility index (Phi) is 13.0. The van der Waals surface area contributed by atoms with E-state index in [-0.39, 0.29) is 30.2 Å². The second-order valence-electron chi connectivity index (χ2n) is 8.33. The van der Waals surface area contributed by atoms with E-state index in [9.17, 15) is 24.0 Å². The van der Waals surface area contributed by atoms with E-state index in [2.05, 4.69) is 21.3 Å². The number of nitriles is 1. The molecule has 4 N–H and O–H groups in total. The van der Waals surface area contributed by atoms with Gasteiger partial charge in [0.15, 0.2) is 0 Å². The molecule has 0 aliphatic carbocycles. The van der Waals surface area contributed by atoms with Gasteiger partial charge in [0.1, 0.15) is 12.6 Å². The third-order valence-corrected chi connectivity index (χ3v) is 6.73. The number of amides is 3. The van der Waals surface area contributed by atoms with Crippen molar-refractivity contribution in [3.05, 3.63) is 24.3 Å². The summed E-state index contributed by atoms with van der Waals surface area (Å²) in [5, 5.41) is 19.9. The molecule has 1 aromatic carbocycles. The number of hydrogen-bond donors (Lipinski definition) is 4. The molecule has 0 aliphatic rings. The first-order valence-corrected chi connectivity index (χ1v) is 12.4. The number of benzene rings is 1. The Bertz CT molecular complexity index is 861. The van der Waals surface area contributed by atoms with Crippen molar-refractivity contribution in [1.82, 2.24) is 10.6 Å². The van der Waals surface area contributed by atoms with E-state index in [0.29, 0.717) is 18.8 Å². The van der Waals surface area contributed by atoms with Crippen LogP contribution in [0.2, 0.25) is 0 Å². The predicted octanol–water partition coefficient (Wildman–Crippen LogP) is 3.18. The van der Waals surface area contributed by atoms with E-state index in [1.165, 1.54) is 11.8 Å². The second kappa shape index (κ2) is 15.2. The van der Waals surface area contributed by atoms with E-state index in [4.69, 9.17) is 0 Å². The van der Waals surface area contributed by atoms with Gasteiger partial charge in [0, 0.05) is 42.2 Å². The van der Waals surface area contributed by atoms with Crippen LogP contribution in [0.3, 0.4) is 0 Å². The summed E-state index contributed by atoms with van der Waals surface area (Å²) < 4.78 is 12.4. The quantitative estimate of drug-likeness (QED) is 0.316. The third-order valence-electron chi connectivity index (χ3n) is 5.05. The fourth-order valence-corrected chi connectivity index (χ4v) is 4.45. The average Bonchev–Trinajstić information content (AvgIpc) is 2.80. The first-order valence-electron chi connectivity index (χ1n) is 11.5. The van der Waals surface area contributed by atoms with E-state index in [1.807, 2.05) is 52.0 Å². The number of alkyl halides is 1.